The molecule has 2 aromatic heterocycles. The predicted molar refractivity (Wildman–Crippen MR) is 136 cm³/mol. The third-order valence-corrected chi connectivity index (χ3v) is 5.72. The molecule has 3 N–H and O–H groups in total. The highest BCUT2D eigenvalue weighted by Gasteiger charge is 2.26. The minimum Gasteiger partial charge on any atom is -0.394 e. The van der Waals surface area contributed by atoms with E-state index in [0.29, 0.717) is 35.3 Å². The number of anilines is 3. The number of rotatable bonds is 6. The van der Waals surface area contributed by atoms with Gasteiger partial charge in [0.1, 0.15) is 11.6 Å². The zero-order valence-corrected chi connectivity index (χ0v) is 20.4. The van der Waals surface area contributed by atoms with Gasteiger partial charge in [0.25, 0.3) is 11.5 Å². The number of pyridine rings is 2. The number of hydrogen-bond donors (Lipinski definition) is 3. The van der Waals surface area contributed by atoms with Gasteiger partial charge in [0, 0.05) is 49.2 Å². The lowest BCUT2D eigenvalue weighted by molar-refractivity contribution is 0.0923. The van der Waals surface area contributed by atoms with Crippen LogP contribution in [-0.2, 0) is 6.54 Å². The molecule has 1 atom stereocenters. The maximum Gasteiger partial charge on any atom is 0.260 e. The number of nitrogens with zero attached hydrogens (tertiary/aromatic N) is 3. The second-order valence-corrected chi connectivity index (χ2v) is 8.34. The van der Waals surface area contributed by atoms with Crippen molar-refractivity contribution in [1.29, 1.82) is 0 Å². The van der Waals surface area contributed by atoms with Gasteiger partial charge in [-0.25, -0.2) is 4.39 Å². The Morgan fingerprint density at radius 1 is 1.24 bits per heavy atom. The summed E-state index contributed by atoms with van der Waals surface area (Å²) in [4.78, 5) is 31.9. The highest BCUT2D eigenvalue weighted by Crippen LogP contribution is 2.35. The largest absolute Gasteiger partial charge is 0.394 e. The van der Waals surface area contributed by atoms with Gasteiger partial charge in [0.15, 0.2) is 0 Å². The molecule has 8 nitrogen and oxygen atoms in total. The zero-order chi connectivity index (χ0) is 23.7. The molecule has 4 rings (SSSR count). The fourth-order valence-electron chi connectivity index (χ4n) is 3.80. The standard InChI is InChI=1S/C23H23ClFN5O3.H2S/c1-13(12-31)27-21(32)17-11-26-6-5-19(17)28-20-10-16(15-9-14(24)3-4-18(15)25)23(33)30-8-7-29(2)22(20)30;/h3-6,9-11,13,31H,7-8,12H2,1-2H3,(H,26,28)(H,27,32);1H2/t13-;/m0./s1. The van der Waals surface area contributed by atoms with Crippen molar-refractivity contribution in [2.24, 2.45) is 0 Å². The third-order valence-electron chi connectivity index (χ3n) is 5.49. The normalized spacial score (nSPS) is 13.1. The summed E-state index contributed by atoms with van der Waals surface area (Å²) >= 11 is 6.07. The van der Waals surface area contributed by atoms with Gasteiger partial charge in [-0.05, 0) is 37.3 Å². The molecule has 1 aromatic carbocycles. The SMILES string of the molecule is C[C@@H](CO)NC(=O)c1cnccc1Nc1cc(-c2cc(Cl)ccc2F)c(=O)n2c1N(C)CC2.S. The Labute approximate surface area is 207 Å². The first-order chi connectivity index (χ1) is 15.8. The molecule has 11 heteroatoms. The topological polar surface area (TPSA) is 99.5 Å². The summed E-state index contributed by atoms with van der Waals surface area (Å²) in [5.74, 6) is -0.347. The van der Waals surface area contributed by atoms with Gasteiger partial charge in [0.2, 0.25) is 0 Å². The Balaban J connectivity index is 0.00000324. The Morgan fingerprint density at radius 3 is 2.74 bits per heavy atom. The van der Waals surface area contributed by atoms with Gasteiger partial charge in [-0.15, -0.1) is 0 Å². The summed E-state index contributed by atoms with van der Waals surface area (Å²) in [6, 6.07) is 6.84. The number of carbonyl (C=O) groups excluding carboxylic acids is 1. The van der Waals surface area contributed by atoms with Crippen LogP contribution >= 0.6 is 25.1 Å². The number of aliphatic hydroxyl groups excluding tert-OH is 1. The molecule has 180 valence electrons. The van der Waals surface area contributed by atoms with Gasteiger partial charge in [-0.2, -0.15) is 13.5 Å². The van der Waals surface area contributed by atoms with Gasteiger partial charge in [-0.1, -0.05) is 11.6 Å². The van der Waals surface area contributed by atoms with Crippen molar-refractivity contribution in [3.8, 4) is 11.1 Å². The number of likely N-dealkylation sites (N-methyl/N-ethyl adjacent to an activating group) is 1. The lowest BCUT2D eigenvalue weighted by Crippen LogP contribution is -2.35. The Hall–Kier alpha value is -3.08. The van der Waals surface area contributed by atoms with Crippen LogP contribution in [0.25, 0.3) is 11.1 Å². The number of benzene rings is 1. The van der Waals surface area contributed by atoms with Crippen molar-refractivity contribution < 1.29 is 14.3 Å². The molecule has 1 aliphatic rings. The van der Waals surface area contributed by atoms with Crippen molar-refractivity contribution in [3.63, 3.8) is 0 Å². The van der Waals surface area contributed by atoms with Gasteiger partial charge in [-0.3, -0.25) is 19.1 Å². The molecular weight excluding hydrogens is 481 g/mol. The van der Waals surface area contributed by atoms with E-state index in [2.05, 4.69) is 15.6 Å². The molecule has 0 saturated heterocycles. The molecule has 0 aliphatic carbocycles. The van der Waals surface area contributed by atoms with Gasteiger partial charge < -0.3 is 20.6 Å². The molecule has 0 saturated carbocycles. The summed E-state index contributed by atoms with van der Waals surface area (Å²) in [5, 5.41) is 15.5. The van der Waals surface area contributed by atoms with Gasteiger partial charge >= 0.3 is 0 Å². The second kappa shape index (κ2) is 10.5. The molecule has 0 spiro atoms. The number of halogens is 2. The van der Waals surface area contributed by atoms with Crippen LogP contribution in [-0.4, -0.2) is 46.8 Å². The lowest BCUT2D eigenvalue weighted by atomic mass is 10.1. The molecule has 0 unspecified atom stereocenters. The van der Waals surface area contributed by atoms with Crippen molar-refractivity contribution >= 4 is 48.2 Å². The van der Waals surface area contributed by atoms with E-state index in [9.17, 15) is 19.1 Å². The van der Waals surface area contributed by atoms with Crippen LogP contribution in [0.3, 0.4) is 0 Å². The number of aliphatic hydroxyl groups is 1. The average Bonchev–Trinajstić information content (AvgIpc) is 3.20. The molecule has 3 heterocycles. The summed E-state index contributed by atoms with van der Waals surface area (Å²) in [5.41, 5.74) is 1.17. The van der Waals surface area contributed by atoms with Gasteiger partial charge in [0.05, 0.1) is 29.1 Å². The van der Waals surface area contributed by atoms with Crippen molar-refractivity contribution in [3.05, 3.63) is 69.5 Å². The molecule has 1 amide bonds. The Kier molecular flexibility index (Phi) is 7.86. The molecule has 0 radical (unpaired) electrons. The van der Waals surface area contributed by atoms with Crippen LogP contribution in [0.5, 0.6) is 0 Å². The van der Waals surface area contributed by atoms with E-state index in [0.717, 1.165) is 0 Å². The number of hydrogen-bond acceptors (Lipinski definition) is 6. The van der Waals surface area contributed by atoms with Crippen LogP contribution < -0.4 is 21.1 Å². The van der Waals surface area contributed by atoms with E-state index in [-0.39, 0.29) is 42.4 Å². The summed E-state index contributed by atoms with van der Waals surface area (Å²) < 4.78 is 16.2. The summed E-state index contributed by atoms with van der Waals surface area (Å²) in [6.07, 6.45) is 2.95. The molecule has 34 heavy (non-hydrogen) atoms. The van der Waals surface area contributed by atoms with Crippen LogP contribution in [0.4, 0.5) is 21.6 Å². The van der Waals surface area contributed by atoms with E-state index >= 15 is 0 Å². The van der Waals surface area contributed by atoms with Crippen molar-refractivity contribution in [2.75, 3.05) is 30.4 Å². The molecule has 0 bridgehead atoms. The van der Waals surface area contributed by atoms with Crippen LogP contribution in [0, 0.1) is 5.82 Å². The maximum atomic E-state index is 14.6. The lowest BCUT2D eigenvalue weighted by Gasteiger charge is -2.20. The average molecular weight is 506 g/mol. The maximum absolute atomic E-state index is 14.6. The van der Waals surface area contributed by atoms with E-state index in [4.69, 9.17) is 11.6 Å². The van der Waals surface area contributed by atoms with Crippen molar-refractivity contribution in [2.45, 2.75) is 19.5 Å². The summed E-state index contributed by atoms with van der Waals surface area (Å²) in [6.45, 7) is 2.51. The highest BCUT2D eigenvalue weighted by atomic mass is 35.5. The van der Waals surface area contributed by atoms with E-state index in [1.54, 1.807) is 23.6 Å². The molecule has 3 aromatic rings. The Bertz CT molecular complexity index is 1290. The smallest absolute Gasteiger partial charge is 0.260 e. The Morgan fingerprint density at radius 2 is 2.00 bits per heavy atom. The van der Waals surface area contributed by atoms with Crippen molar-refractivity contribution in [1.82, 2.24) is 14.9 Å². The number of aromatic nitrogens is 2. The highest BCUT2D eigenvalue weighted by molar-refractivity contribution is 7.59. The third kappa shape index (κ3) is 4.89. The second-order valence-electron chi connectivity index (χ2n) is 7.90. The predicted octanol–water partition coefficient (Wildman–Crippen LogP) is 3.12. The molecule has 1 aliphatic heterocycles. The van der Waals surface area contributed by atoms with E-state index in [1.165, 1.54) is 30.6 Å². The number of nitrogens with one attached hydrogen (secondary N) is 2. The number of fused-ring (bicyclic) bond motifs is 1. The monoisotopic (exact) mass is 505 g/mol. The summed E-state index contributed by atoms with van der Waals surface area (Å²) in [7, 11) is 1.85. The molecular formula is C23H25ClFN5O3S. The number of carbonyl (C=O) groups is 1. The molecule has 0 fully saturated rings. The minimum atomic E-state index is -0.559. The van der Waals surface area contributed by atoms with E-state index < -0.39 is 17.8 Å². The first-order valence-corrected chi connectivity index (χ1v) is 10.7. The first-order valence-electron chi connectivity index (χ1n) is 10.4. The van der Waals surface area contributed by atoms with Crippen LogP contribution in [0.1, 0.15) is 17.3 Å². The van der Waals surface area contributed by atoms with Crippen LogP contribution in [0.15, 0.2) is 47.5 Å². The van der Waals surface area contributed by atoms with E-state index in [1.807, 2.05) is 11.9 Å². The minimum absolute atomic E-state index is 0. The fourth-order valence-corrected chi connectivity index (χ4v) is 3.97. The quantitative estimate of drug-likeness (QED) is 0.476. The zero-order valence-electron chi connectivity index (χ0n) is 18.6. The first kappa shape index (κ1) is 25.5. The number of amides is 1. The van der Waals surface area contributed by atoms with Crippen LogP contribution in [0.2, 0.25) is 5.02 Å². The fraction of sp³-hybridized carbons (Fsp3) is 0.261.